The first-order valence-electron chi connectivity index (χ1n) is 12.4. The largest absolute Gasteiger partial charge is 0.442 e. The average Bonchev–Trinajstić information content (AvgIpc) is 3.42. The molecule has 12 heteroatoms. The van der Waals surface area contributed by atoms with Gasteiger partial charge in [-0.15, -0.1) is 5.10 Å². The first-order chi connectivity index (χ1) is 18.5. The highest BCUT2D eigenvalue weighted by Gasteiger charge is 2.71. The van der Waals surface area contributed by atoms with Crippen LogP contribution in [-0.4, -0.2) is 86.2 Å². The molecule has 1 aliphatic carbocycles. The second-order valence-corrected chi connectivity index (χ2v) is 10.0. The highest BCUT2D eigenvalue weighted by atomic mass is 19.1. The smallest absolute Gasteiger partial charge is 0.414 e. The number of benzene rings is 1. The standard InChI is InChI=1S/C26H26FN7O4/c27-23-7-17(34-10-19(38-25(34)37)9-33-6-5-30-31-33)2-3-20(23)16-1-4-24(29-8-16)26(15-28)21-11-32(12-22(21)26)18(13-35)14-36/h1-8,18-19,21-22,35-36H,9-14H2/t19-,21-,22+,26+/m0/s1. The number of amides is 1. The first-order valence-corrected chi connectivity index (χ1v) is 12.4. The number of hydrogen-bond acceptors (Lipinski definition) is 9. The predicted molar refractivity (Wildman–Crippen MR) is 131 cm³/mol. The van der Waals surface area contributed by atoms with Crippen LogP contribution in [0.1, 0.15) is 5.69 Å². The van der Waals surface area contributed by atoms with Crippen LogP contribution in [0.25, 0.3) is 11.1 Å². The van der Waals surface area contributed by atoms with Gasteiger partial charge in [-0.05, 0) is 24.3 Å². The van der Waals surface area contributed by atoms with Crippen LogP contribution in [0.4, 0.5) is 14.9 Å². The number of nitrogens with zero attached hydrogens (tertiary/aromatic N) is 7. The second kappa shape index (κ2) is 9.43. The highest BCUT2D eigenvalue weighted by Crippen LogP contribution is 2.63. The van der Waals surface area contributed by atoms with E-state index in [4.69, 9.17) is 4.74 Å². The van der Waals surface area contributed by atoms with E-state index in [2.05, 4.69) is 21.4 Å². The van der Waals surface area contributed by atoms with Crippen LogP contribution in [-0.2, 0) is 16.7 Å². The maximum absolute atomic E-state index is 15.2. The number of carbonyl (C=O) groups is 1. The SMILES string of the molecule is N#C[C@]1(c2ccc(-c3ccc(N4C[C@H](Cn5ccnn5)OC4=O)cc3F)cn2)[C@@H]2CN(C(CO)CO)C[C@@H]21. The summed E-state index contributed by atoms with van der Waals surface area (Å²) in [7, 11) is 0. The topological polar surface area (TPSA) is 141 Å². The van der Waals surface area contributed by atoms with E-state index in [9.17, 15) is 20.3 Å². The van der Waals surface area contributed by atoms with Gasteiger partial charge in [0.05, 0.1) is 56.0 Å². The molecule has 1 amide bonds. The van der Waals surface area contributed by atoms with E-state index in [0.29, 0.717) is 42.1 Å². The molecule has 3 aromatic rings. The average molecular weight is 520 g/mol. The Morgan fingerprint density at radius 1 is 1.18 bits per heavy atom. The second-order valence-electron chi connectivity index (χ2n) is 10.0. The van der Waals surface area contributed by atoms with Gasteiger partial charge in [0.15, 0.2) is 0 Å². The summed E-state index contributed by atoms with van der Waals surface area (Å²) in [5, 5.41) is 36.6. The summed E-state index contributed by atoms with van der Waals surface area (Å²) in [6.07, 6.45) is 3.81. The zero-order chi connectivity index (χ0) is 26.4. The first kappa shape index (κ1) is 24.4. The van der Waals surface area contributed by atoms with Gasteiger partial charge >= 0.3 is 6.09 Å². The molecule has 0 spiro atoms. The van der Waals surface area contributed by atoms with Gasteiger partial charge < -0.3 is 14.9 Å². The Bertz CT molecular complexity index is 1360. The van der Waals surface area contributed by atoms with E-state index >= 15 is 4.39 Å². The third kappa shape index (κ3) is 3.91. The molecule has 2 N–H and O–H groups in total. The van der Waals surface area contributed by atoms with Gasteiger partial charge in [-0.3, -0.25) is 14.8 Å². The van der Waals surface area contributed by atoms with Crippen molar-refractivity contribution in [1.82, 2.24) is 24.9 Å². The molecule has 0 bridgehead atoms. The zero-order valence-corrected chi connectivity index (χ0v) is 20.4. The Balaban J connectivity index is 1.15. The summed E-state index contributed by atoms with van der Waals surface area (Å²) in [5.74, 6) is -0.343. The fourth-order valence-electron chi connectivity index (χ4n) is 5.92. The number of pyridine rings is 1. The number of fused-ring (bicyclic) bond motifs is 1. The van der Waals surface area contributed by atoms with E-state index in [1.54, 1.807) is 47.5 Å². The molecule has 1 aromatic carbocycles. The van der Waals surface area contributed by atoms with Gasteiger partial charge in [-0.1, -0.05) is 11.3 Å². The lowest BCUT2D eigenvalue weighted by Gasteiger charge is -2.28. The number of aliphatic hydroxyl groups is 2. The Morgan fingerprint density at radius 2 is 1.97 bits per heavy atom. The van der Waals surface area contributed by atoms with Crippen molar-refractivity contribution in [3.63, 3.8) is 0 Å². The number of halogens is 1. The van der Waals surface area contributed by atoms with Crippen LogP contribution in [0.3, 0.4) is 0 Å². The van der Waals surface area contributed by atoms with Gasteiger partial charge in [0.25, 0.3) is 0 Å². The van der Waals surface area contributed by atoms with Crippen molar-refractivity contribution in [2.45, 2.75) is 24.1 Å². The van der Waals surface area contributed by atoms with Gasteiger partial charge in [-0.25, -0.2) is 13.9 Å². The summed E-state index contributed by atoms with van der Waals surface area (Å²) in [6, 6.07) is 10.2. The number of aromatic nitrogens is 4. The zero-order valence-electron chi connectivity index (χ0n) is 20.4. The number of nitriles is 1. The molecule has 3 fully saturated rings. The van der Waals surface area contributed by atoms with Gasteiger partial charge in [0, 0.05) is 48.4 Å². The molecule has 0 radical (unpaired) electrons. The molecule has 2 saturated heterocycles. The number of likely N-dealkylation sites (tertiary alicyclic amines) is 1. The molecule has 196 valence electrons. The van der Waals surface area contributed by atoms with Crippen molar-refractivity contribution in [2.75, 3.05) is 37.7 Å². The fourth-order valence-corrected chi connectivity index (χ4v) is 5.92. The number of carbonyl (C=O) groups excluding carboxylic acids is 1. The lowest BCUT2D eigenvalue weighted by molar-refractivity contribution is 0.0792. The van der Waals surface area contributed by atoms with Crippen molar-refractivity contribution < 1.29 is 24.1 Å². The Morgan fingerprint density at radius 3 is 2.58 bits per heavy atom. The Kier molecular flexibility index (Phi) is 6.06. The number of anilines is 1. The van der Waals surface area contributed by atoms with E-state index in [1.165, 1.54) is 11.0 Å². The van der Waals surface area contributed by atoms with Crippen molar-refractivity contribution in [1.29, 1.82) is 5.26 Å². The van der Waals surface area contributed by atoms with Crippen LogP contribution >= 0.6 is 0 Å². The van der Waals surface area contributed by atoms with Gasteiger partial charge in [0.1, 0.15) is 17.3 Å². The number of rotatable bonds is 8. The molecule has 3 aliphatic rings. The van der Waals surface area contributed by atoms with Crippen LogP contribution < -0.4 is 4.90 Å². The minimum absolute atomic E-state index is 0.0797. The maximum Gasteiger partial charge on any atom is 0.414 e. The van der Waals surface area contributed by atoms with Crippen molar-refractivity contribution in [3.8, 4) is 17.2 Å². The summed E-state index contributed by atoms with van der Waals surface area (Å²) >= 11 is 0. The van der Waals surface area contributed by atoms with Crippen LogP contribution in [0, 0.1) is 29.0 Å². The maximum atomic E-state index is 15.2. The van der Waals surface area contributed by atoms with Gasteiger partial charge in [0.2, 0.25) is 0 Å². The van der Waals surface area contributed by atoms with Crippen molar-refractivity contribution in [3.05, 3.63) is 60.4 Å². The van der Waals surface area contributed by atoms with E-state index in [0.717, 1.165) is 0 Å². The molecule has 38 heavy (non-hydrogen) atoms. The molecule has 2 aromatic heterocycles. The molecular formula is C26H26FN7O4. The highest BCUT2D eigenvalue weighted by molar-refractivity contribution is 5.90. The van der Waals surface area contributed by atoms with Crippen molar-refractivity contribution in [2.24, 2.45) is 11.8 Å². The summed E-state index contributed by atoms with van der Waals surface area (Å²) in [5.41, 5.74) is 1.24. The number of aliphatic hydroxyl groups excluding tert-OH is 2. The van der Waals surface area contributed by atoms with Crippen molar-refractivity contribution >= 4 is 11.8 Å². The lowest BCUT2D eigenvalue weighted by atomic mass is 9.95. The molecular weight excluding hydrogens is 493 g/mol. The van der Waals surface area contributed by atoms with E-state index < -0.39 is 23.4 Å². The number of cyclic esters (lactones) is 1. The number of piperidine rings is 1. The van der Waals surface area contributed by atoms with Crippen LogP contribution in [0.15, 0.2) is 48.9 Å². The molecule has 1 saturated carbocycles. The summed E-state index contributed by atoms with van der Waals surface area (Å²) in [4.78, 5) is 20.3. The summed E-state index contributed by atoms with van der Waals surface area (Å²) < 4.78 is 22.1. The van der Waals surface area contributed by atoms with E-state index in [-0.39, 0.29) is 37.6 Å². The normalized spacial score (nSPS) is 26.4. The molecule has 11 nitrogen and oxygen atoms in total. The van der Waals surface area contributed by atoms with Crippen LogP contribution in [0.5, 0.6) is 0 Å². The third-order valence-corrected chi connectivity index (χ3v) is 8.03. The lowest BCUT2D eigenvalue weighted by Crippen LogP contribution is -2.42. The quantitative estimate of drug-likeness (QED) is 0.449. The van der Waals surface area contributed by atoms with E-state index in [1.807, 2.05) is 4.90 Å². The Hall–Kier alpha value is -3.92. The molecule has 4 atom stereocenters. The third-order valence-electron chi connectivity index (χ3n) is 8.03. The molecule has 0 unspecified atom stereocenters. The fraction of sp³-hybridized carbons (Fsp3) is 0.423. The minimum Gasteiger partial charge on any atom is -0.442 e. The summed E-state index contributed by atoms with van der Waals surface area (Å²) in [6.45, 7) is 1.59. The van der Waals surface area contributed by atoms with Gasteiger partial charge in [-0.2, -0.15) is 5.26 Å². The minimum atomic E-state index is -0.703. The Labute approximate surface area is 217 Å². The number of hydrogen-bond donors (Lipinski definition) is 2. The predicted octanol–water partition coefficient (Wildman–Crippen LogP) is 1.18. The molecule has 6 rings (SSSR count). The van der Waals surface area contributed by atoms with Crippen LogP contribution in [0.2, 0.25) is 0 Å². The monoisotopic (exact) mass is 519 g/mol. The molecule has 4 heterocycles. The molecule has 2 aliphatic heterocycles. The number of ether oxygens (including phenoxy) is 1.